The minimum absolute atomic E-state index is 0.0477. The van der Waals surface area contributed by atoms with E-state index in [-0.39, 0.29) is 35.6 Å². The number of imidazole rings is 1. The molecule has 1 unspecified atom stereocenters. The summed E-state index contributed by atoms with van der Waals surface area (Å²) in [6, 6.07) is 52.1. The van der Waals surface area contributed by atoms with Gasteiger partial charge in [-0.25, -0.2) is 4.98 Å². The second-order valence-electron chi connectivity index (χ2n) is 16.8. The summed E-state index contributed by atoms with van der Waals surface area (Å²) in [7, 11) is 0. The first kappa shape index (κ1) is 33.2. The van der Waals surface area contributed by atoms with Gasteiger partial charge in [0.15, 0.2) is 0 Å². The van der Waals surface area contributed by atoms with Crippen molar-refractivity contribution in [3.05, 3.63) is 203 Å². The summed E-state index contributed by atoms with van der Waals surface area (Å²) in [5, 5.41) is 1.15. The van der Waals surface area contributed by atoms with Gasteiger partial charge < -0.3 is 0 Å². The van der Waals surface area contributed by atoms with Crippen molar-refractivity contribution in [1.29, 1.82) is 0 Å². The number of aromatic nitrogens is 4. The Hall–Kier alpha value is -6.55. The smallest absolute Gasteiger partial charge is 0.239 e. The van der Waals surface area contributed by atoms with Gasteiger partial charge in [0.2, 0.25) is 0 Å². The maximum atomic E-state index is 9.06. The number of rotatable bonds is 7. The van der Waals surface area contributed by atoms with Crippen LogP contribution >= 0.6 is 0 Å². The molecule has 11 rings (SSSR count). The molecule has 1 aliphatic carbocycles. The topological polar surface area (TPSA) is 36.9 Å². The van der Waals surface area contributed by atoms with E-state index in [1.807, 2.05) is 41.0 Å². The van der Waals surface area contributed by atoms with E-state index >= 15 is 0 Å². The Morgan fingerprint density at radius 2 is 1.31 bits per heavy atom. The molecule has 1 atom stereocenters. The Kier molecular flexibility index (Phi) is 8.09. The summed E-state index contributed by atoms with van der Waals surface area (Å²) >= 11 is 2.54. The average Bonchev–Trinajstić information content (AvgIpc) is 3.99. The van der Waals surface area contributed by atoms with E-state index in [2.05, 4.69) is 165 Å². The molecule has 0 saturated heterocycles. The molecule has 1 aliphatic rings. The van der Waals surface area contributed by atoms with Gasteiger partial charge in [0.1, 0.15) is 0 Å². The molecule has 0 N–H and O–H groups in total. The minimum Gasteiger partial charge on any atom is -0.239 e. The van der Waals surface area contributed by atoms with Gasteiger partial charge in [0, 0.05) is 6.20 Å². The van der Waals surface area contributed by atoms with Crippen LogP contribution in [0.15, 0.2) is 182 Å². The fourth-order valence-corrected chi connectivity index (χ4v) is 10.3. The van der Waals surface area contributed by atoms with E-state index < -0.39 is 0 Å². The Labute approximate surface area is 372 Å². The van der Waals surface area contributed by atoms with Crippen LogP contribution in [-0.2, 0) is 31.2 Å². The van der Waals surface area contributed by atoms with Gasteiger partial charge in [0.25, 0.3) is 0 Å². The van der Waals surface area contributed by atoms with Crippen molar-refractivity contribution in [2.24, 2.45) is 0 Å². The fraction of sp³-hybridized carbons (Fsp3) is 0.127. The van der Waals surface area contributed by atoms with E-state index in [0.29, 0.717) is 39.1 Å². The molecule has 10 aromatic rings. The normalized spacial score (nSPS) is 14.9. The average molecular weight is 976 g/mol. The predicted molar refractivity (Wildman–Crippen MR) is 246 cm³/mol. The zero-order valence-electron chi connectivity index (χ0n) is 38.0. The number of para-hydroxylation sites is 4. The molecule has 0 amide bonds. The molecule has 3 aromatic heterocycles. The molecule has 0 aliphatic heterocycles. The van der Waals surface area contributed by atoms with Crippen molar-refractivity contribution in [3.8, 4) is 45.3 Å². The molecule has 5 nitrogen and oxygen atoms in total. The van der Waals surface area contributed by atoms with Gasteiger partial charge in [-0.1, -0.05) is 38.9 Å². The maximum absolute atomic E-state index is 9.06. The van der Waals surface area contributed by atoms with Gasteiger partial charge in [-0.15, -0.1) is 0 Å². The van der Waals surface area contributed by atoms with E-state index in [0.717, 1.165) is 61.2 Å². The van der Waals surface area contributed by atoms with Crippen molar-refractivity contribution in [3.63, 3.8) is 0 Å². The summed E-state index contributed by atoms with van der Waals surface area (Å²) in [6.07, 6.45) is 3.64. The molecular weight excluding hydrogens is 928 g/mol. The van der Waals surface area contributed by atoms with Crippen LogP contribution < -0.4 is 4.74 Å². The standard InChI is InChI=1S/C55H44N4O.Pt/c1-55(2,3)40-31-32-56-53(33-40)59-49-22-11-10-19-45(49)46-29-28-42(35-52(46)59)60-41-27-25-39-26-30-48(47(39)34-41)57-36-58(51-24-13-12-23-50(51)57)54-43(37-15-6-4-7-16-37)20-14-21-44(54)38-17-8-5-9-18-38;/h4-25,27-29,31-35,48H,26,30H2,1-3H3;/i10D,11D,19D,22D;. The zero-order chi connectivity index (χ0) is 44.7. The summed E-state index contributed by atoms with van der Waals surface area (Å²) in [5.74, 6) is 1.87. The van der Waals surface area contributed by atoms with Crippen LogP contribution in [0, 0.1) is 3.80 Å². The summed E-state index contributed by atoms with van der Waals surface area (Å²) in [5.41, 5.74) is 12.5. The van der Waals surface area contributed by atoms with Crippen LogP contribution in [0.25, 0.3) is 66.6 Å². The summed E-state index contributed by atoms with van der Waals surface area (Å²) in [6.45, 7) is 6.42. The number of ether oxygens (including phenoxy) is 1. The van der Waals surface area contributed by atoms with E-state index in [9.17, 15) is 0 Å². The van der Waals surface area contributed by atoms with Gasteiger partial charge in [-0.3, -0.25) is 0 Å². The molecule has 0 spiro atoms. The van der Waals surface area contributed by atoms with E-state index in [1.165, 1.54) is 11.1 Å². The fourth-order valence-electron chi connectivity index (χ4n) is 9.16. The third kappa shape index (κ3) is 6.42. The first-order valence-electron chi connectivity index (χ1n) is 22.7. The van der Waals surface area contributed by atoms with E-state index in [4.69, 9.17) is 15.2 Å². The van der Waals surface area contributed by atoms with Gasteiger partial charge >= 0.3 is 289 Å². The zero-order valence-corrected chi connectivity index (χ0v) is 36.3. The van der Waals surface area contributed by atoms with Gasteiger partial charge in [0.05, 0.1) is 5.48 Å². The second-order valence-corrected chi connectivity index (χ2v) is 17.8. The van der Waals surface area contributed by atoms with Crippen molar-refractivity contribution in [1.82, 2.24) is 18.7 Å². The van der Waals surface area contributed by atoms with Crippen LogP contribution in [0.5, 0.6) is 11.5 Å². The van der Waals surface area contributed by atoms with Crippen molar-refractivity contribution < 1.29 is 29.6 Å². The van der Waals surface area contributed by atoms with Crippen molar-refractivity contribution >= 4 is 32.8 Å². The molecule has 0 saturated carbocycles. The Morgan fingerprint density at radius 1 is 0.639 bits per heavy atom. The SMILES string of the molecule is [2H]c1c([2H])c([2H])c2c(c1[2H])c1ccc(Oc3ccc4c(c3)C(n3[c](=[Pt])n(-c5c(-c6ccccc6)cccc5-c5ccccc5)c5ccccc53)CC4)cc1n2-c1cc(C(C)(C)C)ccn1. The number of aryl methyl sites for hydroxylation is 1. The molecule has 0 fully saturated rings. The van der Waals surface area contributed by atoms with Crippen LogP contribution in [0.2, 0.25) is 0 Å². The summed E-state index contributed by atoms with van der Waals surface area (Å²) < 4.78 is 49.9. The van der Waals surface area contributed by atoms with Crippen LogP contribution in [0.4, 0.5) is 0 Å². The molecule has 61 heavy (non-hydrogen) atoms. The second kappa shape index (κ2) is 14.9. The van der Waals surface area contributed by atoms with Crippen molar-refractivity contribution in [2.45, 2.75) is 45.1 Å². The summed E-state index contributed by atoms with van der Waals surface area (Å²) in [4.78, 5) is 4.76. The predicted octanol–water partition coefficient (Wildman–Crippen LogP) is 14.0. The van der Waals surface area contributed by atoms with Crippen molar-refractivity contribution in [2.75, 3.05) is 0 Å². The minimum atomic E-state index is -0.282. The Balaban J connectivity index is 1.04. The number of hydrogen-bond acceptors (Lipinski definition) is 2. The van der Waals surface area contributed by atoms with Gasteiger partial charge in [-0.05, 0) is 29.2 Å². The van der Waals surface area contributed by atoms with Gasteiger partial charge in [-0.2, -0.15) is 0 Å². The Bertz CT molecular complexity index is 3530. The first-order chi connectivity index (χ1) is 31.5. The van der Waals surface area contributed by atoms with Crippen LogP contribution in [0.3, 0.4) is 0 Å². The quantitative estimate of drug-likeness (QED) is 0.160. The van der Waals surface area contributed by atoms with Crippen LogP contribution in [0.1, 0.15) is 55.4 Å². The van der Waals surface area contributed by atoms with Crippen LogP contribution in [-0.4, -0.2) is 18.7 Å². The molecule has 7 aromatic carbocycles. The number of hydrogen-bond donors (Lipinski definition) is 0. The monoisotopic (exact) mass is 975 g/mol. The third-order valence-electron chi connectivity index (χ3n) is 12.1. The number of fused-ring (bicyclic) bond motifs is 5. The van der Waals surface area contributed by atoms with E-state index in [1.54, 1.807) is 6.20 Å². The number of pyridine rings is 1. The molecule has 0 bridgehead atoms. The third-order valence-corrected chi connectivity index (χ3v) is 13.1. The molecule has 6 heteroatoms. The first-order valence-corrected chi connectivity index (χ1v) is 21.8. The molecule has 300 valence electrons. The number of benzene rings is 7. The number of nitrogens with zero attached hydrogens (tertiary/aromatic N) is 4. The Morgan fingerprint density at radius 3 is 2.05 bits per heavy atom. The molecule has 0 radical (unpaired) electrons. The molecule has 3 heterocycles. The molecular formula is C55H44N4OPt.